The number of nitrogens with one attached hydrogen (secondary N) is 2. The van der Waals surface area contributed by atoms with Crippen molar-refractivity contribution in [1.82, 2.24) is 15.5 Å². The van der Waals surface area contributed by atoms with Gasteiger partial charge in [-0.2, -0.15) is 0 Å². The zero-order valence-corrected chi connectivity index (χ0v) is 25.1. The number of likely N-dealkylation sites (tertiary alicyclic amines) is 1. The van der Waals surface area contributed by atoms with Gasteiger partial charge in [0.25, 0.3) is 0 Å². The molecule has 1 aliphatic rings. The van der Waals surface area contributed by atoms with Crippen LogP contribution in [0.4, 0.5) is 4.79 Å². The first-order valence-corrected chi connectivity index (χ1v) is 15.4. The number of rotatable bonds is 12. The van der Waals surface area contributed by atoms with Gasteiger partial charge in [0.2, 0.25) is 11.8 Å². The number of hydrogen-bond acceptors (Lipinski definition) is 5. The van der Waals surface area contributed by atoms with Crippen molar-refractivity contribution >= 4 is 17.9 Å². The fourth-order valence-corrected chi connectivity index (χ4v) is 5.92. The van der Waals surface area contributed by atoms with Crippen LogP contribution in [0.5, 0.6) is 0 Å². The number of benzene rings is 4. The topological polar surface area (TPSA) is 108 Å². The highest BCUT2D eigenvalue weighted by Crippen LogP contribution is 2.31. The molecule has 0 spiro atoms. The lowest BCUT2D eigenvalue weighted by Crippen LogP contribution is -2.56. The number of alkyl carbamates (subject to hydrolysis) is 1. The van der Waals surface area contributed by atoms with Crippen molar-refractivity contribution in [2.24, 2.45) is 0 Å². The zero-order valence-electron chi connectivity index (χ0n) is 25.1. The summed E-state index contributed by atoms with van der Waals surface area (Å²) in [6, 6.07) is 35.8. The van der Waals surface area contributed by atoms with Crippen molar-refractivity contribution in [2.45, 2.75) is 49.9 Å². The first-order chi connectivity index (χ1) is 22.0. The minimum Gasteiger partial charge on any atom is -0.445 e. The SMILES string of the molecule is O=C(N[C@@H](C(=O)N1CCC[C@@H]1C(=O)N[C@H](CO)Cc1ccccc1)C(c1ccccc1)c1ccccc1)OCc1ccccc1. The van der Waals surface area contributed by atoms with Gasteiger partial charge < -0.3 is 25.4 Å². The summed E-state index contributed by atoms with van der Waals surface area (Å²) in [5.74, 6) is -1.24. The van der Waals surface area contributed by atoms with Crippen LogP contribution in [-0.4, -0.2) is 59.2 Å². The number of hydrogen-bond donors (Lipinski definition) is 3. The molecule has 0 saturated carbocycles. The van der Waals surface area contributed by atoms with Crippen LogP contribution in [0, 0.1) is 0 Å². The minimum atomic E-state index is -1.05. The number of amides is 3. The van der Waals surface area contributed by atoms with Crippen molar-refractivity contribution in [1.29, 1.82) is 0 Å². The summed E-state index contributed by atoms with van der Waals surface area (Å²) < 4.78 is 5.56. The van der Waals surface area contributed by atoms with Crippen LogP contribution in [0.2, 0.25) is 0 Å². The quantitative estimate of drug-likeness (QED) is 0.215. The average Bonchev–Trinajstić information content (AvgIpc) is 3.59. The van der Waals surface area contributed by atoms with E-state index in [0.29, 0.717) is 25.8 Å². The predicted molar refractivity (Wildman–Crippen MR) is 172 cm³/mol. The number of ether oxygens (including phenoxy) is 1. The summed E-state index contributed by atoms with van der Waals surface area (Å²) in [7, 11) is 0. The molecule has 0 unspecified atom stereocenters. The average molecular weight is 606 g/mol. The molecule has 1 saturated heterocycles. The lowest BCUT2D eigenvalue weighted by atomic mass is 9.84. The molecule has 4 aromatic rings. The molecular formula is C37H39N3O5. The molecule has 45 heavy (non-hydrogen) atoms. The van der Waals surface area contributed by atoms with Crippen LogP contribution in [0.1, 0.15) is 41.0 Å². The summed E-state index contributed by atoms with van der Waals surface area (Å²) >= 11 is 0. The van der Waals surface area contributed by atoms with Gasteiger partial charge in [-0.3, -0.25) is 9.59 Å². The number of nitrogens with zero attached hydrogens (tertiary/aromatic N) is 1. The van der Waals surface area contributed by atoms with Crippen LogP contribution in [0.25, 0.3) is 0 Å². The predicted octanol–water partition coefficient (Wildman–Crippen LogP) is 4.82. The van der Waals surface area contributed by atoms with Gasteiger partial charge in [-0.25, -0.2) is 4.79 Å². The fourth-order valence-electron chi connectivity index (χ4n) is 5.92. The normalized spacial score (nSPS) is 15.7. The smallest absolute Gasteiger partial charge is 0.408 e. The maximum atomic E-state index is 14.5. The molecule has 0 radical (unpaired) electrons. The van der Waals surface area contributed by atoms with Gasteiger partial charge in [-0.1, -0.05) is 121 Å². The molecule has 5 rings (SSSR count). The molecule has 4 aromatic carbocycles. The molecular weight excluding hydrogens is 566 g/mol. The Labute approximate surface area is 264 Å². The molecule has 1 heterocycles. The Bertz CT molecular complexity index is 1480. The highest BCUT2D eigenvalue weighted by molar-refractivity contribution is 5.93. The van der Waals surface area contributed by atoms with Gasteiger partial charge in [0.15, 0.2) is 0 Å². The third kappa shape index (κ3) is 8.37. The van der Waals surface area contributed by atoms with E-state index in [0.717, 1.165) is 22.3 Å². The third-order valence-corrected chi connectivity index (χ3v) is 8.13. The molecule has 3 N–H and O–H groups in total. The summed E-state index contributed by atoms with van der Waals surface area (Å²) in [5.41, 5.74) is 3.49. The van der Waals surface area contributed by atoms with Crippen LogP contribution in [-0.2, 0) is 27.4 Å². The molecule has 0 aromatic heterocycles. The van der Waals surface area contributed by atoms with Crippen molar-refractivity contribution < 1.29 is 24.2 Å². The lowest BCUT2D eigenvalue weighted by Gasteiger charge is -2.33. The van der Waals surface area contributed by atoms with Gasteiger partial charge in [0, 0.05) is 12.5 Å². The van der Waals surface area contributed by atoms with Gasteiger partial charge in [-0.05, 0) is 41.5 Å². The summed E-state index contributed by atoms with van der Waals surface area (Å²) in [5, 5.41) is 15.9. The van der Waals surface area contributed by atoms with Crippen LogP contribution in [0.3, 0.4) is 0 Å². The van der Waals surface area contributed by atoms with E-state index in [2.05, 4.69) is 10.6 Å². The molecule has 3 amide bonds. The Balaban J connectivity index is 1.40. The first-order valence-electron chi connectivity index (χ1n) is 15.4. The summed E-state index contributed by atoms with van der Waals surface area (Å²) in [6.07, 6.45) is 0.856. The van der Waals surface area contributed by atoms with Crippen molar-refractivity contribution in [3.63, 3.8) is 0 Å². The molecule has 8 nitrogen and oxygen atoms in total. The molecule has 0 bridgehead atoms. The van der Waals surface area contributed by atoms with Crippen LogP contribution >= 0.6 is 0 Å². The number of aliphatic hydroxyl groups excluding tert-OH is 1. The molecule has 8 heteroatoms. The number of carbonyl (C=O) groups excluding carboxylic acids is 3. The van der Waals surface area contributed by atoms with Gasteiger partial charge in [0.05, 0.1) is 12.6 Å². The minimum absolute atomic E-state index is 0.0492. The van der Waals surface area contributed by atoms with E-state index in [1.807, 2.05) is 121 Å². The Morgan fingerprint density at radius 3 is 1.84 bits per heavy atom. The molecule has 0 aliphatic carbocycles. The van der Waals surface area contributed by atoms with E-state index in [1.54, 1.807) is 4.90 Å². The van der Waals surface area contributed by atoms with Crippen molar-refractivity contribution in [2.75, 3.05) is 13.2 Å². The van der Waals surface area contributed by atoms with E-state index in [4.69, 9.17) is 4.74 Å². The van der Waals surface area contributed by atoms with Crippen molar-refractivity contribution in [3.8, 4) is 0 Å². The summed E-state index contributed by atoms with van der Waals surface area (Å²) in [6.45, 7) is 0.184. The van der Waals surface area contributed by atoms with Gasteiger partial charge in [0.1, 0.15) is 18.7 Å². The van der Waals surface area contributed by atoms with E-state index in [1.165, 1.54) is 0 Å². The highest BCUT2D eigenvalue weighted by Gasteiger charge is 2.42. The largest absolute Gasteiger partial charge is 0.445 e. The number of aliphatic hydroxyl groups is 1. The number of carbonyl (C=O) groups is 3. The van der Waals surface area contributed by atoms with Crippen LogP contribution in [0.15, 0.2) is 121 Å². The summed E-state index contributed by atoms with van der Waals surface area (Å²) in [4.78, 5) is 43.0. The van der Waals surface area contributed by atoms with Gasteiger partial charge in [-0.15, -0.1) is 0 Å². The Morgan fingerprint density at radius 2 is 1.29 bits per heavy atom. The van der Waals surface area contributed by atoms with Gasteiger partial charge >= 0.3 is 6.09 Å². The van der Waals surface area contributed by atoms with Crippen molar-refractivity contribution in [3.05, 3.63) is 144 Å². The maximum absolute atomic E-state index is 14.5. The third-order valence-electron chi connectivity index (χ3n) is 8.13. The Hall–Kier alpha value is -4.95. The Morgan fingerprint density at radius 1 is 0.756 bits per heavy atom. The Kier molecular flexibility index (Phi) is 11.0. The second kappa shape index (κ2) is 15.7. The van der Waals surface area contributed by atoms with E-state index in [-0.39, 0.29) is 25.0 Å². The second-order valence-corrected chi connectivity index (χ2v) is 11.3. The zero-order chi connectivity index (χ0) is 31.4. The lowest BCUT2D eigenvalue weighted by molar-refractivity contribution is -0.140. The second-order valence-electron chi connectivity index (χ2n) is 11.3. The molecule has 1 aliphatic heterocycles. The molecule has 3 atom stereocenters. The monoisotopic (exact) mass is 605 g/mol. The van der Waals surface area contributed by atoms with E-state index < -0.39 is 30.1 Å². The van der Waals surface area contributed by atoms with E-state index in [9.17, 15) is 19.5 Å². The fraction of sp³-hybridized carbons (Fsp3) is 0.270. The molecule has 232 valence electrons. The van der Waals surface area contributed by atoms with Crippen LogP contribution < -0.4 is 10.6 Å². The maximum Gasteiger partial charge on any atom is 0.408 e. The van der Waals surface area contributed by atoms with E-state index >= 15 is 0 Å². The standard InChI is InChI=1S/C37H39N3O5/c41-25-31(24-27-14-5-1-6-15-27)38-35(42)32-22-13-23-40(32)36(43)34(39-37(44)45-26-28-16-7-2-8-17-28)33(29-18-9-3-10-19-29)30-20-11-4-12-21-30/h1-12,14-21,31-34,41H,13,22-26H2,(H,38,42)(H,39,44)/t31-,32+,34+/m0/s1. The first kappa shape index (κ1) is 31.5. The highest BCUT2D eigenvalue weighted by atomic mass is 16.5. The molecule has 1 fully saturated rings.